The van der Waals surface area contributed by atoms with Gasteiger partial charge in [0.1, 0.15) is 17.1 Å². The molecule has 5 heteroatoms. The molecule has 0 spiro atoms. The Morgan fingerprint density at radius 1 is 1.32 bits per heavy atom. The monoisotopic (exact) mass is 359 g/mol. The SMILES string of the molecule is CCOc1ccc(C(=O)NC2CC(C)(C)Oc3ccccc32)cc1Cl. The number of amides is 1. The topological polar surface area (TPSA) is 47.6 Å². The van der Waals surface area contributed by atoms with Gasteiger partial charge in [0.2, 0.25) is 0 Å². The van der Waals surface area contributed by atoms with Crippen LogP contribution < -0.4 is 14.8 Å². The summed E-state index contributed by atoms with van der Waals surface area (Å²) in [4.78, 5) is 12.7. The van der Waals surface area contributed by atoms with Crippen molar-refractivity contribution in [1.82, 2.24) is 5.32 Å². The van der Waals surface area contributed by atoms with Crippen molar-refractivity contribution in [2.45, 2.75) is 38.8 Å². The third-order valence-electron chi connectivity index (χ3n) is 4.18. The summed E-state index contributed by atoms with van der Waals surface area (Å²) in [6, 6.07) is 12.8. The number of rotatable bonds is 4. The van der Waals surface area contributed by atoms with Gasteiger partial charge in [-0.05, 0) is 45.0 Å². The lowest BCUT2D eigenvalue weighted by molar-refractivity contribution is 0.0619. The molecule has 0 radical (unpaired) electrons. The third-order valence-corrected chi connectivity index (χ3v) is 4.47. The molecule has 0 bridgehead atoms. The van der Waals surface area contributed by atoms with Gasteiger partial charge in [0, 0.05) is 17.5 Å². The molecular weight excluding hydrogens is 338 g/mol. The van der Waals surface area contributed by atoms with E-state index < -0.39 is 0 Å². The van der Waals surface area contributed by atoms with Gasteiger partial charge in [-0.15, -0.1) is 0 Å². The van der Waals surface area contributed by atoms with E-state index in [2.05, 4.69) is 5.32 Å². The first-order chi connectivity index (χ1) is 11.9. The minimum atomic E-state index is -0.344. The van der Waals surface area contributed by atoms with E-state index in [-0.39, 0.29) is 17.6 Å². The van der Waals surface area contributed by atoms with Crippen LogP contribution in [0.2, 0.25) is 5.02 Å². The van der Waals surface area contributed by atoms with Crippen molar-refractivity contribution in [2.24, 2.45) is 0 Å². The summed E-state index contributed by atoms with van der Waals surface area (Å²) in [7, 11) is 0. The number of carbonyl (C=O) groups excluding carboxylic acids is 1. The first-order valence-corrected chi connectivity index (χ1v) is 8.78. The minimum absolute atomic E-state index is 0.113. The van der Waals surface area contributed by atoms with Crippen molar-refractivity contribution >= 4 is 17.5 Å². The van der Waals surface area contributed by atoms with Crippen LogP contribution in [-0.2, 0) is 0 Å². The maximum Gasteiger partial charge on any atom is 0.251 e. The van der Waals surface area contributed by atoms with Crippen molar-refractivity contribution < 1.29 is 14.3 Å². The van der Waals surface area contributed by atoms with Crippen LogP contribution in [0.15, 0.2) is 42.5 Å². The summed E-state index contributed by atoms with van der Waals surface area (Å²) in [5.74, 6) is 1.23. The fourth-order valence-electron chi connectivity index (χ4n) is 3.09. The molecule has 1 unspecified atom stereocenters. The van der Waals surface area contributed by atoms with E-state index in [1.165, 1.54) is 0 Å². The number of benzene rings is 2. The van der Waals surface area contributed by atoms with Crippen molar-refractivity contribution in [2.75, 3.05) is 6.61 Å². The smallest absolute Gasteiger partial charge is 0.251 e. The quantitative estimate of drug-likeness (QED) is 0.855. The molecule has 2 aromatic rings. The highest BCUT2D eigenvalue weighted by Crippen LogP contribution is 2.39. The second kappa shape index (κ2) is 6.96. The van der Waals surface area contributed by atoms with Crippen LogP contribution in [0.25, 0.3) is 0 Å². The minimum Gasteiger partial charge on any atom is -0.492 e. The third kappa shape index (κ3) is 3.90. The summed E-state index contributed by atoms with van der Waals surface area (Å²) >= 11 is 6.20. The molecule has 0 saturated carbocycles. The second-order valence-electron chi connectivity index (χ2n) is 6.71. The van der Waals surface area contributed by atoms with Crippen LogP contribution in [0, 0.1) is 0 Å². The predicted octanol–water partition coefficient (Wildman–Crippen LogP) is 4.77. The molecule has 2 aromatic carbocycles. The lowest BCUT2D eigenvalue weighted by Crippen LogP contribution is -2.41. The highest BCUT2D eigenvalue weighted by atomic mass is 35.5. The molecule has 0 aromatic heterocycles. The van der Waals surface area contributed by atoms with Crippen molar-refractivity contribution in [3.63, 3.8) is 0 Å². The zero-order chi connectivity index (χ0) is 18.0. The Hall–Kier alpha value is -2.20. The Kier molecular flexibility index (Phi) is 4.91. The average Bonchev–Trinajstić information content (AvgIpc) is 2.55. The molecule has 1 aliphatic heterocycles. The number of hydrogen-bond donors (Lipinski definition) is 1. The molecule has 25 heavy (non-hydrogen) atoms. The number of halogens is 1. The lowest BCUT2D eigenvalue weighted by atomic mass is 9.89. The molecule has 0 fully saturated rings. The molecule has 4 nitrogen and oxygen atoms in total. The normalized spacial score (nSPS) is 18.0. The Labute approximate surface area is 153 Å². The maximum atomic E-state index is 12.7. The molecule has 0 saturated heterocycles. The molecule has 1 aliphatic rings. The van der Waals surface area contributed by atoms with Gasteiger partial charge >= 0.3 is 0 Å². The molecule has 1 heterocycles. The largest absolute Gasteiger partial charge is 0.492 e. The number of carbonyl (C=O) groups is 1. The number of hydrogen-bond acceptors (Lipinski definition) is 3. The Morgan fingerprint density at radius 3 is 2.80 bits per heavy atom. The standard InChI is InChI=1S/C20H22ClNO3/c1-4-24-18-10-9-13(11-15(18)21)19(23)22-16-12-20(2,3)25-17-8-6-5-7-14(16)17/h5-11,16H,4,12H2,1-3H3,(H,22,23). The van der Waals surface area contributed by atoms with E-state index in [9.17, 15) is 4.79 Å². The maximum absolute atomic E-state index is 12.7. The van der Waals surface area contributed by atoms with E-state index in [1.54, 1.807) is 18.2 Å². The number of nitrogens with one attached hydrogen (secondary N) is 1. The van der Waals surface area contributed by atoms with Gasteiger partial charge in [-0.2, -0.15) is 0 Å². The molecule has 3 rings (SSSR count). The zero-order valence-electron chi connectivity index (χ0n) is 14.6. The highest BCUT2D eigenvalue weighted by molar-refractivity contribution is 6.32. The van der Waals surface area contributed by atoms with E-state index in [4.69, 9.17) is 21.1 Å². The predicted molar refractivity (Wildman–Crippen MR) is 98.6 cm³/mol. The Morgan fingerprint density at radius 2 is 2.08 bits per heavy atom. The van der Waals surface area contributed by atoms with Gasteiger partial charge in [-0.1, -0.05) is 29.8 Å². The number of fused-ring (bicyclic) bond motifs is 1. The summed E-state index contributed by atoms with van der Waals surface area (Å²) < 4.78 is 11.4. The average molecular weight is 360 g/mol. The van der Waals surface area contributed by atoms with Gasteiger partial charge in [0.25, 0.3) is 5.91 Å². The van der Waals surface area contributed by atoms with Crippen LogP contribution in [0.5, 0.6) is 11.5 Å². The van der Waals surface area contributed by atoms with Crippen LogP contribution in [-0.4, -0.2) is 18.1 Å². The number of para-hydroxylation sites is 1. The summed E-state index contributed by atoms with van der Waals surface area (Å²) in [5.41, 5.74) is 1.16. The zero-order valence-corrected chi connectivity index (χ0v) is 15.4. The van der Waals surface area contributed by atoms with Crippen molar-refractivity contribution in [3.8, 4) is 11.5 Å². The fraction of sp³-hybridized carbons (Fsp3) is 0.350. The van der Waals surface area contributed by atoms with E-state index >= 15 is 0 Å². The van der Waals surface area contributed by atoms with Gasteiger partial charge < -0.3 is 14.8 Å². The van der Waals surface area contributed by atoms with Crippen LogP contribution in [0.3, 0.4) is 0 Å². The molecular formula is C20H22ClNO3. The Bertz CT molecular complexity index is 788. The number of ether oxygens (including phenoxy) is 2. The van der Waals surface area contributed by atoms with E-state index in [0.717, 1.165) is 11.3 Å². The van der Waals surface area contributed by atoms with Crippen molar-refractivity contribution in [1.29, 1.82) is 0 Å². The summed E-state index contributed by atoms with van der Waals surface area (Å²) in [5, 5.41) is 3.54. The first-order valence-electron chi connectivity index (χ1n) is 8.41. The summed E-state index contributed by atoms with van der Waals surface area (Å²) in [6.45, 7) is 6.46. The Balaban J connectivity index is 1.82. The highest BCUT2D eigenvalue weighted by Gasteiger charge is 2.34. The molecule has 1 amide bonds. The molecule has 132 valence electrons. The van der Waals surface area contributed by atoms with Gasteiger partial charge in [0.05, 0.1) is 17.7 Å². The molecule has 1 atom stereocenters. The van der Waals surface area contributed by atoms with E-state index in [1.807, 2.05) is 45.0 Å². The lowest BCUT2D eigenvalue weighted by Gasteiger charge is -2.37. The van der Waals surface area contributed by atoms with Gasteiger partial charge in [0.15, 0.2) is 0 Å². The van der Waals surface area contributed by atoms with Crippen LogP contribution >= 0.6 is 11.6 Å². The first kappa shape index (κ1) is 17.6. The molecule has 1 N–H and O–H groups in total. The fourth-order valence-corrected chi connectivity index (χ4v) is 3.32. The van der Waals surface area contributed by atoms with Crippen molar-refractivity contribution in [3.05, 3.63) is 58.6 Å². The van der Waals surface area contributed by atoms with Gasteiger partial charge in [-0.25, -0.2) is 0 Å². The van der Waals surface area contributed by atoms with Crippen LogP contribution in [0.1, 0.15) is 49.2 Å². The van der Waals surface area contributed by atoms with E-state index in [0.29, 0.717) is 29.4 Å². The van der Waals surface area contributed by atoms with Gasteiger partial charge in [-0.3, -0.25) is 4.79 Å². The molecule has 0 aliphatic carbocycles. The second-order valence-corrected chi connectivity index (χ2v) is 7.12. The van der Waals surface area contributed by atoms with Crippen LogP contribution in [0.4, 0.5) is 0 Å². The summed E-state index contributed by atoms with van der Waals surface area (Å²) in [6.07, 6.45) is 0.695.